The highest BCUT2D eigenvalue weighted by Gasteiger charge is 2.08. The van der Waals surface area contributed by atoms with Crippen LogP contribution in [0.2, 0.25) is 0 Å². The molecule has 0 atom stereocenters. The Kier molecular flexibility index (Phi) is 4.27. The Bertz CT molecular complexity index is 406. The maximum atomic E-state index is 11.1. The SMILES string of the molecule is COC(=O)/C=C(\OC(C)=O)c1ccccc1. The van der Waals surface area contributed by atoms with Crippen molar-refractivity contribution in [1.29, 1.82) is 0 Å². The average Bonchev–Trinajstić information content (AvgIpc) is 2.28. The van der Waals surface area contributed by atoms with Gasteiger partial charge >= 0.3 is 11.9 Å². The van der Waals surface area contributed by atoms with Crippen molar-refractivity contribution < 1.29 is 19.1 Å². The van der Waals surface area contributed by atoms with Crippen LogP contribution in [0.5, 0.6) is 0 Å². The lowest BCUT2D eigenvalue weighted by Crippen LogP contribution is -2.03. The summed E-state index contributed by atoms with van der Waals surface area (Å²) in [5, 5.41) is 0. The number of esters is 2. The number of hydrogen-bond acceptors (Lipinski definition) is 4. The second-order valence-corrected chi connectivity index (χ2v) is 2.99. The van der Waals surface area contributed by atoms with Crippen molar-refractivity contribution in [2.24, 2.45) is 0 Å². The van der Waals surface area contributed by atoms with Crippen molar-refractivity contribution in [3.63, 3.8) is 0 Å². The van der Waals surface area contributed by atoms with Crippen molar-refractivity contribution >= 4 is 17.7 Å². The first-order chi connectivity index (χ1) is 7.63. The van der Waals surface area contributed by atoms with Crippen molar-refractivity contribution in [2.75, 3.05) is 7.11 Å². The van der Waals surface area contributed by atoms with Gasteiger partial charge in [-0.25, -0.2) is 4.79 Å². The first-order valence-electron chi connectivity index (χ1n) is 4.67. The van der Waals surface area contributed by atoms with Gasteiger partial charge in [0.05, 0.1) is 13.2 Å². The molecule has 0 spiro atoms. The van der Waals surface area contributed by atoms with E-state index in [0.29, 0.717) is 5.56 Å². The zero-order chi connectivity index (χ0) is 12.0. The maximum absolute atomic E-state index is 11.1. The van der Waals surface area contributed by atoms with Gasteiger partial charge in [0, 0.05) is 12.5 Å². The van der Waals surface area contributed by atoms with Gasteiger partial charge < -0.3 is 9.47 Å². The molecule has 0 aliphatic rings. The smallest absolute Gasteiger partial charge is 0.334 e. The van der Waals surface area contributed by atoms with E-state index >= 15 is 0 Å². The van der Waals surface area contributed by atoms with Gasteiger partial charge in [-0.05, 0) is 0 Å². The molecular weight excluding hydrogens is 208 g/mol. The fourth-order valence-corrected chi connectivity index (χ4v) is 1.09. The Morgan fingerprint density at radius 1 is 1.19 bits per heavy atom. The largest absolute Gasteiger partial charge is 0.466 e. The van der Waals surface area contributed by atoms with Crippen LogP contribution in [-0.4, -0.2) is 19.0 Å². The van der Waals surface area contributed by atoms with E-state index in [-0.39, 0.29) is 5.76 Å². The minimum absolute atomic E-state index is 0.181. The zero-order valence-electron chi connectivity index (χ0n) is 9.10. The first-order valence-corrected chi connectivity index (χ1v) is 4.67. The molecule has 0 N–H and O–H groups in total. The fraction of sp³-hybridized carbons (Fsp3) is 0.167. The van der Waals surface area contributed by atoms with Crippen LogP contribution in [0.15, 0.2) is 36.4 Å². The highest BCUT2D eigenvalue weighted by atomic mass is 16.5. The van der Waals surface area contributed by atoms with Gasteiger partial charge in [-0.2, -0.15) is 0 Å². The third-order valence-corrected chi connectivity index (χ3v) is 1.76. The molecule has 0 fully saturated rings. The van der Waals surface area contributed by atoms with E-state index in [1.54, 1.807) is 24.3 Å². The average molecular weight is 220 g/mol. The summed E-state index contributed by atoms with van der Waals surface area (Å²) >= 11 is 0. The van der Waals surface area contributed by atoms with Crippen LogP contribution in [0, 0.1) is 0 Å². The van der Waals surface area contributed by atoms with Crippen LogP contribution in [0.1, 0.15) is 12.5 Å². The lowest BCUT2D eigenvalue weighted by atomic mass is 10.2. The summed E-state index contributed by atoms with van der Waals surface area (Å²) < 4.78 is 9.41. The number of ether oxygens (including phenoxy) is 2. The molecule has 4 heteroatoms. The molecule has 16 heavy (non-hydrogen) atoms. The molecule has 1 aromatic carbocycles. The zero-order valence-corrected chi connectivity index (χ0v) is 9.10. The summed E-state index contributed by atoms with van der Waals surface area (Å²) in [6.45, 7) is 1.27. The molecule has 0 bridgehead atoms. The molecule has 0 heterocycles. The summed E-state index contributed by atoms with van der Waals surface area (Å²) in [7, 11) is 1.26. The minimum Gasteiger partial charge on any atom is -0.466 e. The number of benzene rings is 1. The third kappa shape index (κ3) is 3.57. The molecular formula is C12H12O4. The molecule has 0 saturated carbocycles. The van der Waals surface area contributed by atoms with E-state index in [2.05, 4.69) is 4.74 Å². The van der Waals surface area contributed by atoms with Gasteiger partial charge in [0.2, 0.25) is 0 Å². The Morgan fingerprint density at radius 3 is 2.31 bits per heavy atom. The second-order valence-electron chi connectivity index (χ2n) is 2.99. The second kappa shape index (κ2) is 5.70. The number of carbonyl (C=O) groups is 2. The normalized spacial score (nSPS) is 10.8. The molecule has 1 rings (SSSR count). The predicted molar refractivity (Wildman–Crippen MR) is 58.2 cm³/mol. The topological polar surface area (TPSA) is 52.6 Å². The van der Waals surface area contributed by atoms with Crippen LogP contribution in [0.25, 0.3) is 5.76 Å². The molecule has 0 aromatic heterocycles. The molecule has 0 aliphatic carbocycles. The number of rotatable bonds is 3. The summed E-state index contributed by atoms with van der Waals surface area (Å²) in [4.78, 5) is 22.0. The third-order valence-electron chi connectivity index (χ3n) is 1.76. The Hall–Kier alpha value is -2.10. The van der Waals surface area contributed by atoms with Crippen molar-refractivity contribution in [3.05, 3.63) is 42.0 Å². The van der Waals surface area contributed by atoms with E-state index in [1.807, 2.05) is 6.07 Å². The van der Waals surface area contributed by atoms with Crippen LogP contribution in [0.4, 0.5) is 0 Å². The molecule has 0 amide bonds. The van der Waals surface area contributed by atoms with E-state index in [0.717, 1.165) is 6.08 Å². The summed E-state index contributed by atoms with van der Waals surface area (Å²) in [5.74, 6) is -0.876. The molecule has 0 unspecified atom stereocenters. The predicted octanol–water partition coefficient (Wildman–Crippen LogP) is 1.76. The number of hydrogen-bond donors (Lipinski definition) is 0. The summed E-state index contributed by atoms with van der Waals surface area (Å²) in [6.07, 6.45) is 1.14. The molecule has 84 valence electrons. The van der Waals surface area contributed by atoms with Crippen LogP contribution < -0.4 is 0 Å². The van der Waals surface area contributed by atoms with Gasteiger partial charge in [-0.15, -0.1) is 0 Å². The van der Waals surface area contributed by atoms with E-state index in [9.17, 15) is 9.59 Å². The molecule has 0 saturated heterocycles. The number of carbonyl (C=O) groups excluding carboxylic acids is 2. The van der Waals surface area contributed by atoms with Gasteiger partial charge in [-0.3, -0.25) is 4.79 Å². The lowest BCUT2D eigenvalue weighted by molar-refractivity contribution is -0.135. The highest BCUT2D eigenvalue weighted by Crippen LogP contribution is 2.15. The Labute approximate surface area is 93.5 Å². The Morgan fingerprint density at radius 2 is 1.81 bits per heavy atom. The lowest BCUT2D eigenvalue weighted by Gasteiger charge is -2.06. The fourth-order valence-electron chi connectivity index (χ4n) is 1.09. The van der Waals surface area contributed by atoms with E-state index in [1.165, 1.54) is 14.0 Å². The molecule has 0 aliphatic heterocycles. The quantitative estimate of drug-likeness (QED) is 0.442. The molecule has 0 radical (unpaired) electrons. The molecule has 4 nitrogen and oxygen atoms in total. The minimum atomic E-state index is -0.569. The summed E-state index contributed by atoms with van der Waals surface area (Å²) in [6, 6.07) is 8.86. The van der Waals surface area contributed by atoms with Gasteiger partial charge in [0.15, 0.2) is 0 Å². The van der Waals surface area contributed by atoms with Crippen molar-refractivity contribution in [3.8, 4) is 0 Å². The van der Waals surface area contributed by atoms with Gasteiger partial charge in [0.25, 0.3) is 0 Å². The van der Waals surface area contributed by atoms with E-state index in [4.69, 9.17) is 4.74 Å². The monoisotopic (exact) mass is 220 g/mol. The summed E-state index contributed by atoms with van der Waals surface area (Å²) in [5.41, 5.74) is 0.642. The van der Waals surface area contributed by atoms with Crippen LogP contribution >= 0.6 is 0 Å². The van der Waals surface area contributed by atoms with Crippen molar-refractivity contribution in [2.45, 2.75) is 6.92 Å². The Balaban J connectivity index is 3.01. The van der Waals surface area contributed by atoms with Crippen molar-refractivity contribution in [1.82, 2.24) is 0 Å². The number of methoxy groups -OCH3 is 1. The van der Waals surface area contributed by atoms with Gasteiger partial charge in [-0.1, -0.05) is 30.3 Å². The van der Waals surface area contributed by atoms with Crippen LogP contribution in [0.3, 0.4) is 0 Å². The van der Waals surface area contributed by atoms with Crippen LogP contribution in [-0.2, 0) is 19.1 Å². The van der Waals surface area contributed by atoms with Gasteiger partial charge in [0.1, 0.15) is 5.76 Å². The standard InChI is InChI=1S/C12H12O4/c1-9(13)16-11(8-12(14)15-2)10-6-4-3-5-7-10/h3-8H,1-2H3/b11-8-. The maximum Gasteiger partial charge on any atom is 0.334 e. The van der Waals surface area contributed by atoms with E-state index < -0.39 is 11.9 Å². The first kappa shape index (κ1) is 12.0. The molecule has 1 aromatic rings. The highest BCUT2D eigenvalue weighted by molar-refractivity contribution is 5.91.